The number of aryl methyl sites for hydroxylation is 1. The van der Waals surface area contributed by atoms with Crippen LogP contribution in [0, 0.1) is 6.92 Å². The van der Waals surface area contributed by atoms with Crippen LogP contribution in [0.15, 0.2) is 12.1 Å². The van der Waals surface area contributed by atoms with Gasteiger partial charge in [0.15, 0.2) is 0 Å². The lowest BCUT2D eigenvalue weighted by Gasteiger charge is -2.08. The quantitative estimate of drug-likeness (QED) is 0.766. The molecule has 0 aliphatic heterocycles. The van der Waals surface area contributed by atoms with Crippen LogP contribution in [0.3, 0.4) is 0 Å². The van der Waals surface area contributed by atoms with Crippen LogP contribution in [0.1, 0.15) is 24.7 Å². The van der Waals surface area contributed by atoms with Crippen LogP contribution in [-0.4, -0.2) is 16.5 Å². The van der Waals surface area contributed by atoms with Gasteiger partial charge in [-0.3, -0.25) is 4.79 Å². The highest BCUT2D eigenvalue weighted by Gasteiger charge is 2.06. The van der Waals surface area contributed by atoms with E-state index >= 15 is 0 Å². The largest absolute Gasteiger partial charge is 0.350 e. The van der Waals surface area contributed by atoms with Gasteiger partial charge >= 0.3 is 0 Å². The number of amides is 1. The van der Waals surface area contributed by atoms with Crippen LogP contribution < -0.4 is 11.1 Å². The first kappa shape index (κ1) is 11.8. The monoisotopic (exact) mass is 209 g/mol. The Morgan fingerprint density at radius 2 is 2.27 bits per heavy atom. The Morgan fingerprint density at radius 3 is 2.73 bits per heavy atom. The van der Waals surface area contributed by atoms with E-state index in [0.717, 1.165) is 5.69 Å². The van der Waals surface area contributed by atoms with Crippen molar-refractivity contribution in [1.82, 2.24) is 9.88 Å². The van der Waals surface area contributed by atoms with Crippen molar-refractivity contribution in [1.29, 1.82) is 0 Å². The molecule has 4 nitrogen and oxygen atoms in total. The van der Waals surface area contributed by atoms with Crippen LogP contribution in [0.2, 0.25) is 0 Å². The van der Waals surface area contributed by atoms with Crippen molar-refractivity contribution in [2.45, 2.75) is 32.9 Å². The average molecular weight is 209 g/mol. The van der Waals surface area contributed by atoms with Gasteiger partial charge in [-0.2, -0.15) is 0 Å². The Kier molecular flexibility index (Phi) is 3.91. The number of carbonyl (C=O) groups excluding carboxylic acids is 1. The van der Waals surface area contributed by atoms with Crippen molar-refractivity contribution in [3.8, 4) is 0 Å². The molecule has 1 amide bonds. The number of hydrogen-bond donors (Lipinski definition) is 2. The smallest absolute Gasteiger partial charge is 0.221 e. The predicted octanol–water partition coefficient (Wildman–Crippen LogP) is 0.687. The lowest BCUT2D eigenvalue weighted by Crippen LogP contribution is -2.30. The van der Waals surface area contributed by atoms with Gasteiger partial charge in [-0.1, -0.05) is 0 Å². The number of nitrogens with two attached hydrogens (primary N) is 1. The van der Waals surface area contributed by atoms with Crippen LogP contribution in [0.4, 0.5) is 0 Å². The van der Waals surface area contributed by atoms with E-state index in [1.165, 1.54) is 5.69 Å². The molecule has 0 radical (unpaired) electrons. The normalized spacial score (nSPS) is 12.5. The van der Waals surface area contributed by atoms with Gasteiger partial charge in [-0.15, -0.1) is 0 Å². The fourth-order valence-corrected chi connectivity index (χ4v) is 1.40. The summed E-state index contributed by atoms with van der Waals surface area (Å²) in [4.78, 5) is 11.3. The number of hydrogen-bond acceptors (Lipinski definition) is 2. The van der Waals surface area contributed by atoms with E-state index in [0.29, 0.717) is 13.0 Å². The molecule has 1 rings (SSSR count). The van der Waals surface area contributed by atoms with E-state index in [9.17, 15) is 4.79 Å². The van der Waals surface area contributed by atoms with Crippen molar-refractivity contribution >= 4 is 5.91 Å². The molecule has 1 aromatic heterocycles. The maximum atomic E-state index is 11.3. The minimum absolute atomic E-state index is 0.00357. The number of rotatable bonds is 4. The molecule has 3 N–H and O–H groups in total. The molecule has 0 aliphatic rings. The number of nitrogens with one attached hydrogen (secondary N) is 1. The molecule has 0 saturated heterocycles. The van der Waals surface area contributed by atoms with E-state index in [2.05, 4.69) is 9.88 Å². The van der Waals surface area contributed by atoms with Gasteiger partial charge < -0.3 is 15.6 Å². The minimum Gasteiger partial charge on any atom is -0.350 e. The van der Waals surface area contributed by atoms with Gasteiger partial charge in [0.25, 0.3) is 0 Å². The molecular formula is C11H19N3O. The van der Waals surface area contributed by atoms with E-state index in [1.54, 1.807) is 0 Å². The van der Waals surface area contributed by atoms with Crippen molar-refractivity contribution in [2.24, 2.45) is 12.8 Å². The zero-order valence-corrected chi connectivity index (χ0v) is 9.58. The summed E-state index contributed by atoms with van der Waals surface area (Å²) in [5.41, 5.74) is 7.82. The topological polar surface area (TPSA) is 60.1 Å². The lowest BCUT2D eigenvalue weighted by atomic mass is 10.2. The highest BCUT2D eigenvalue weighted by molar-refractivity contribution is 5.76. The third kappa shape index (κ3) is 3.40. The molecule has 0 spiro atoms. The Labute approximate surface area is 90.5 Å². The van der Waals surface area contributed by atoms with Crippen molar-refractivity contribution in [2.75, 3.05) is 0 Å². The standard InChI is InChI=1S/C11H19N3O/c1-8(12)6-11(15)13-7-10-5-4-9(2)14(10)3/h4-5,8H,6-7,12H2,1-3H3,(H,13,15). The molecule has 15 heavy (non-hydrogen) atoms. The molecule has 4 heteroatoms. The summed E-state index contributed by atoms with van der Waals surface area (Å²) < 4.78 is 2.06. The first-order valence-corrected chi connectivity index (χ1v) is 5.14. The van der Waals surface area contributed by atoms with Gasteiger partial charge in [-0.25, -0.2) is 0 Å². The van der Waals surface area contributed by atoms with E-state index in [-0.39, 0.29) is 11.9 Å². The summed E-state index contributed by atoms with van der Waals surface area (Å²) in [6.45, 7) is 4.43. The van der Waals surface area contributed by atoms with E-state index < -0.39 is 0 Å². The Hall–Kier alpha value is -1.29. The van der Waals surface area contributed by atoms with Gasteiger partial charge in [0, 0.05) is 30.9 Å². The summed E-state index contributed by atoms with van der Waals surface area (Å²) in [6.07, 6.45) is 0.378. The maximum Gasteiger partial charge on any atom is 0.221 e. The number of nitrogens with zero attached hydrogens (tertiary/aromatic N) is 1. The molecule has 0 aliphatic carbocycles. The molecule has 0 bridgehead atoms. The number of aromatic nitrogens is 1. The first-order chi connectivity index (χ1) is 7.00. The van der Waals surface area contributed by atoms with Crippen molar-refractivity contribution in [3.05, 3.63) is 23.5 Å². The molecule has 1 unspecified atom stereocenters. The minimum atomic E-state index is -0.0832. The Bertz CT molecular complexity index is 342. The third-order valence-electron chi connectivity index (χ3n) is 2.45. The molecular weight excluding hydrogens is 190 g/mol. The van der Waals surface area contributed by atoms with Crippen molar-refractivity contribution in [3.63, 3.8) is 0 Å². The third-order valence-corrected chi connectivity index (χ3v) is 2.45. The summed E-state index contributed by atoms with van der Waals surface area (Å²) in [5, 5.41) is 2.84. The molecule has 1 heterocycles. The summed E-state index contributed by atoms with van der Waals surface area (Å²) in [7, 11) is 1.99. The average Bonchev–Trinajstić information content (AvgIpc) is 2.44. The van der Waals surface area contributed by atoms with Crippen LogP contribution in [0.5, 0.6) is 0 Å². The first-order valence-electron chi connectivity index (χ1n) is 5.14. The summed E-state index contributed by atoms with van der Waals surface area (Å²) >= 11 is 0. The molecule has 1 aromatic rings. The maximum absolute atomic E-state index is 11.3. The van der Waals surface area contributed by atoms with Crippen LogP contribution in [-0.2, 0) is 18.4 Å². The summed E-state index contributed by atoms with van der Waals surface area (Å²) in [6, 6.07) is 3.97. The number of carbonyl (C=O) groups is 1. The molecule has 0 aromatic carbocycles. The van der Waals surface area contributed by atoms with Gasteiger partial charge in [0.05, 0.1) is 6.54 Å². The van der Waals surface area contributed by atoms with Gasteiger partial charge in [-0.05, 0) is 26.0 Å². The van der Waals surface area contributed by atoms with Gasteiger partial charge in [0.1, 0.15) is 0 Å². The molecule has 1 atom stereocenters. The highest BCUT2D eigenvalue weighted by atomic mass is 16.1. The lowest BCUT2D eigenvalue weighted by molar-refractivity contribution is -0.121. The summed E-state index contributed by atoms with van der Waals surface area (Å²) in [5.74, 6) is 0.00357. The van der Waals surface area contributed by atoms with Crippen LogP contribution in [0.25, 0.3) is 0 Å². The Balaban J connectivity index is 2.44. The van der Waals surface area contributed by atoms with Gasteiger partial charge in [0.2, 0.25) is 5.91 Å². The molecule has 84 valence electrons. The van der Waals surface area contributed by atoms with E-state index in [4.69, 9.17) is 5.73 Å². The highest BCUT2D eigenvalue weighted by Crippen LogP contribution is 2.05. The molecule has 0 fully saturated rings. The second-order valence-electron chi connectivity index (χ2n) is 3.98. The van der Waals surface area contributed by atoms with E-state index in [1.807, 2.05) is 33.0 Å². The predicted molar refractivity (Wildman–Crippen MR) is 60.3 cm³/mol. The second kappa shape index (κ2) is 4.98. The SMILES string of the molecule is Cc1ccc(CNC(=O)CC(C)N)n1C. The fourth-order valence-electron chi connectivity index (χ4n) is 1.40. The Morgan fingerprint density at radius 1 is 1.60 bits per heavy atom. The van der Waals surface area contributed by atoms with Crippen molar-refractivity contribution < 1.29 is 4.79 Å². The second-order valence-corrected chi connectivity index (χ2v) is 3.98. The van der Waals surface area contributed by atoms with Crippen LogP contribution >= 0.6 is 0 Å². The molecule has 0 saturated carbocycles. The fraction of sp³-hybridized carbons (Fsp3) is 0.545. The zero-order valence-electron chi connectivity index (χ0n) is 9.58. The zero-order chi connectivity index (χ0) is 11.4.